The summed E-state index contributed by atoms with van der Waals surface area (Å²) in [4.78, 5) is 16.7. The number of aliphatic imine (C=N–C) groups is 1. The van der Waals surface area contributed by atoms with Crippen LogP contribution in [-0.2, 0) is 4.74 Å². The molecular formula is C17H19NO4S. The maximum Gasteiger partial charge on any atom is 0.348 e. The van der Waals surface area contributed by atoms with E-state index >= 15 is 0 Å². The molecule has 0 saturated heterocycles. The minimum atomic E-state index is -0.336. The van der Waals surface area contributed by atoms with E-state index in [-0.39, 0.29) is 11.7 Å². The smallest absolute Gasteiger partial charge is 0.348 e. The van der Waals surface area contributed by atoms with E-state index in [4.69, 9.17) is 9.47 Å². The van der Waals surface area contributed by atoms with Gasteiger partial charge in [-0.15, -0.1) is 11.3 Å². The number of nitrogens with zero attached hydrogens (tertiary/aromatic N) is 1. The molecule has 6 heteroatoms. The maximum absolute atomic E-state index is 11.8. The lowest BCUT2D eigenvalue weighted by Crippen LogP contribution is -2.03. The van der Waals surface area contributed by atoms with Gasteiger partial charge in [0.1, 0.15) is 9.88 Å². The van der Waals surface area contributed by atoms with E-state index in [1.165, 1.54) is 11.3 Å². The second-order valence-corrected chi connectivity index (χ2v) is 5.73. The monoisotopic (exact) mass is 333 g/mol. The van der Waals surface area contributed by atoms with Crippen LogP contribution in [0.25, 0.3) is 0 Å². The number of rotatable bonds is 6. The molecule has 1 N–H and O–H groups in total. The Morgan fingerprint density at radius 3 is 2.83 bits per heavy atom. The van der Waals surface area contributed by atoms with Crippen molar-refractivity contribution in [2.45, 2.75) is 20.8 Å². The molecular weight excluding hydrogens is 314 g/mol. The fraction of sp³-hybridized carbons (Fsp3) is 0.294. The quantitative estimate of drug-likeness (QED) is 0.638. The lowest BCUT2D eigenvalue weighted by Gasteiger charge is -2.06. The Hall–Kier alpha value is -2.34. The predicted octanol–water partition coefficient (Wildman–Crippen LogP) is 4.09. The van der Waals surface area contributed by atoms with Gasteiger partial charge in [-0.3, -0.25) is 0 Å². The topological polar surface area (TPSA) is 68.1 Å². The molecule has 2 aromatic rings. The number of para-hydroxylation sites is 1. The van der Waals surface area contributed by atoms with Gasteiger partial charge in [0, 0.05) is 11.8 Å². The normalized spacial score (nSPS) is 10.9. The van der Waals surface area contributed by atoms with E-state index in [0.717, 1.165) is 5.56 Å². The largest absolute Gasteiger partial charge is 0.504 e. The van der Waals surface area contributed by atoms with Gasteiger partial charge in [-0.25, -0.2) is 9.79 Å². The summed E-state index contributed by atoms with van der Waals surface area (Å²) in [6.07, 6.45) is 1.55. The third-order valence-electron chi connectivity index (χ3n) is 3.03. The van der Waals surface area contributed by atoms with Crippen LogP contribution >= 0.6 is 11.3 Å². The van der Waals surface area contributed by atoms with Crippen LogP contribution in [0, 0.1) is 6.92 Å². The first-order chi connectivity index (χ1) is 11.1. The van der Waals surface area contributed by atoms with Gasteiger partial charge in [0.2, 0.25) is 0 Å². The first-order valence-corrected chi connectivity index (χ1v) is 8.14. The molecule has 2 rings (SSSR count). The number of aryl methyl sites for hydroxylation is 1. The average molecular weight is 333 g/mol. The molecule has 1 aromatic carbocycles. The third-order valence-corrected chi connectivity index (χ3v) is 4.15. The zero-order valence-electron chi connectivity index (χ0n) is 13.3. The number of ether oxygens (including phenoxy) is 2. The first-order valence-electron chi connectivity index (χ1n) is 7.33. The molecule has 5 nitrogen and oxygen atoms in total. The molecule has 0 saturated carbocycles. The number of aromatic hydroxyl groups is 1. The van der Waals surface area contributed by atoms with Gasteiger partial charge in [-0.2, -0.15) is 0 Å². The summed E-state index contributed by atoms with van der Waals surface area (Å²) in [6.45, 7) is 6.28. The van der Waals surface area contributed by atoms with Gasteiger partial charge in [0.15, 0.2) is 11.5 Å². The summed E-state index contributed by atoms with van der Waals surface area (Å²) in [6, 6.07) is 7.05. The van der Waals surface area contributed by atoms with Crippen LogP contribution < -0.4 is 4.74 Å². The summed E-state index contributed by atoms with van der Waals surface area (Å²) in [7, 11) is 0. The van der Waals surface area contributed by atoms with Crippen molar-refractivity contribution >= 4 is 28.5 Å². The van der Waals surface area contributed by atoms with Crippen molar-refractivity contribution in [2.75, 3.05) is 13.2 Å². The van der Waals surface area contributed by atoms with Crippen molar-refractivity contribution in [1.82, 2.24) is 0 Å². The molecule has 1 heterocycles. The Balaban J connectivity index is 2.23. The van der Waals surface area contributed by atoms with Gasteiger partial charge in [-0.05, 0) is 44.5 Å². The van der Waals surface area contributed by atoms with E-state index in [1.807, 2.05) is 19.9 Å². The fourth-order valence-electron chi connectivity index (χ4n) is 1.98. The van der Waals surface area contributed by atoms with Gasteiger partial charge >= 0.3 is 5.97 Å². The molecule has 0 amide bonds. The summed E-state index contributed by atoms with van der Waals surface area (Å²) >= 11 is 1.26. The molecule has 0 aliphatic rings. The molecule has 0 fully saturated rings. The highest BCUT2D eigenvalue weighted by Crippen LogP contribution is 2.32. The number of carbonyl (C=O) groups is 1. The second-order valence-electron chi connectivity index (χ2n) is 4.70. The summed E-state index contributed by atoms with van der Waals surface area (Å²) in [5.74, 6) is 0.139. The van der Waals surface area contributed by atoms with E-state index < -0.39 is 0 Å². The Morgan fingerprint density at radius 1 is 1.35 bits per heavy atom. The SMILES string of the molecule is CCOC(=O)c1sc(N=Cc2cccc(OCC)c2O)cc1C. The number of hydrogen-bond acceptors (Lipinski definition) is 6. The number of phenolic OH excluding ortho intramolecular Hbond substituents is 1. The first kappa shape index (κ1) is 17.0. The lowest BCUT2D eigenvalue weighted by atomic mass is 10.2. The second kappa shape index (κ2) is 7.78. The number of phenols is 1. The van der Waals surface area contributed by atoms with E-state index in [1.54, 1.807) is 31.3 Å². The summed E-state index contributed by atoms with van der Waals surface area (Å²) in [5, 5.41) is 10.8. The minimum absolute atomic E-state index is 0.0528. The Labute approximate surface area is 139 Å². The van der Waals surface area contributed by atoms with Crippen LogP contribution in [0.1, 0.15) is 34.6 Å². The molecule has 23 heavy (non-hydrogen) atoms. The van der Waals surface area contributed by atoms with Crippen LogP contribution in [0.4, 0.5) is 5.00 Å². The van der Waals surface area contributed by atoms with Crippen LogP contribution in [0.15, 0.2) is 29.3 Å². The molecule has 0 aliphatic heterocycles. The van der Waals surface area contributed by atoms with Crippen molar-refractivity contribution in [3.05, 3.63) is 40.3 Å². The summed E-state index contributed by atoms with van der Waals surface area (Å²) < 4.78 is 10.4. The van der Waals surface area contributed by atoms with Crippen molar-refractivity contribution in [1.29, 1.82) is 0 Å². The van der Waals surface area contributed by atoms with Crippen molar-refractivity contribution in [2.24, 2.45) is 4.99 Å². The fourth-order valence-corrected chi connectivity index (χ4v) is 2.89. The molecule has 1 aromatic heterocycles. The van der Waals surface area contributed by atoms with Crippen molar-refractivity contribution in [3.8, 4) is 11.5 Å². The standard InChI is InChI=1S/C17H19NO4S/c1-4-21-13-8-6-7-12(15(13)19)10-18-14-9-11(3)16(23-14)17(20)22-5-2/h6-10,19H,4-5H2,1-3H3. The molecule has 0 aliphatic carbocycles. The molecule has 0 unspecified atom stereocenters. The molecule has 0 radical (unpaired) electrons. The van der Waals surface area contributed by atoms with Gasteiger partial charge in [0.25, 0.3) is 0 Å². The average Bonchev–Trinajstić information content (AvgIpc) is 2.90. The number of benzene rings is 1. The Kier molecular flexibility index (Phi) is 5.76. The minimum Gasteiger partial charge on any atom is -0.504 e. The molecule has 0 spiro atoms. The highest BCUT2D eigenvalue weighted by Gasteiger charge is 2.14. The van der Waals surface area contributed by atoms with Crippen molar-refractivity contribution in [3.63, 3.8) is 0 Å². The number of hydrogen-bond donors (Lipinski definition) is 1. The highest BCUT2D eigenvalue weighted by atomic mass is 32.1. The molecule has 0 bridgehead atoms. The van der Waals surface area contributed by atoms with Crippen LogP contribution in [0.5, 0.6) is 11.5 Å². The summed E-state index contributed by atoms with van der Waals surface area (Å²) in [5.41, 5.74) is 1.38. The zero-order chi connectivity index (χ0) is 16.8. The molecule has 0 atom stereocenters. The zero-order valence-corrected chi connectivity index (χ0v) is 14.1. The van der Waals surface area contributed by atoms with E-state index in [2.05, 4.69) is 4.99 Å². The maximum atomic E-state index is 11.8. The van der Waals surface area contributed by atoms with E-state index in [0.29, 0.717) is 34.4 Å². The number of esters is 1. The number of thiophene rings is 1. The number of carbonyl (C=O) groups excluding carboxylic acids is 1. The van der Waals surface area contributed by atoms with E-state index in [9.17, 15) is 9.90 Å². The van der Waals surface area contributed by atoms with Gasteiger partial charge < -0.3 is 14.6 Å². The lowest BCUT2D eigenvalue weighted by molar-refractivity contribution is 0.0531. The third kappa shape index (κ3) is 4.10. The Bertz CT molecular complexity index is 721. The van der Waals surface area contributed by atoms with Crippen LogP contribution in [0.3, 0.4) is 0 Å². The Morgan fingerprint density at radius 2 is 2.13 bits per heavy atom. The van der Waals surface area contributed by atoms with Gasteiger partial charge in [0.05, 0.1) is 13.2 Å². The van der Waals surface area contributed by atoms with Crippen LogP contribution in [-0.4, -0.2) is 30.5 Å². The van der Waals surface area contributed by atoms with Crippen LogP contribution in [0.2, 0.25) is 0 Å². The van der Waals surface area contributed by atoms with Crippen molar-refractivity contribution < 1.29 is 19.4 Å². The van der Waals surface area contributed by atoms with Gasteiger partial charge in [-0.1, -0.05) is 6.07 Å². The highest BCUT2D eigenvalue weighted by molar-refractivity contribution is 7.17. The predicted molar refractivity (Wildman–Crippen MR) is 91.5 cm³/mol. The molecule has 122 valence electrons.